The van der Waals surface area contributed by atoms with Gasteiger partial charge in [0.2, 0.25) is 5.69 Å². The lowest BCUT2D eigenvalue weighted by atomic mass is 10.1. The van der Waals surface area contributed by atoms with E-state index in [9.17, 15) is 13.2 Å². The second kappa shape index (κ2) is 11.1. The molecule has 0 spiro atoms. The van der Waals surface area contributed by atoms with Crippen molar-refractivity contribution in [1.29, 1.82) is 0 Å². The monoisotopic (exact) mass is 544 g/mol. The van der Waals surface area contributed by atoms with Crippen molar-refractivity contribution in [1.82, 2.24) is 9.88 Å². The highest BCUT2D eigenvalue weighted by Crippen LogP contribution is 2.42. The van der Waals surface area contributed by atoms with Gasteiger partial charge in [0.15, 0.2) is 11.5 Å². The van der Waals surface area contributed by atoms with Crippen molar-refractivity contribution in [2.24, 2.45) is 0 Å². The van der Waals surface area contributed by atoms with Crippen LogP contribution < -0.4 is 19.5 Å². The molecular formula is C27H24ClF3N4O3. The Balaban J connectivity index is 1.66. The van der Waals surface area contributed by atoms with Crippen molar-refractivity contribution in [2.45, 2.75) is 25.3 Å². The fourth-order valence-corrected chi connectivity index (χ4v) is 4.38. The number of pyridine rings is 1. The number of anilines is 2. The number of rotatable bonds is 8. The Bertz CT molecular complexity index is 1410. The second-order valence-electron chi connectivity index (χ2n) is 8.47. The van der Waals surface area contributed by atoms with Gasteiger partial charge in [-0.25, -0.2) is 4.85 Å². The summed E-state index contributed by atoms with van der Waals surface area (Å²) < 4.78 is 53.6. The van der Waals surface area contributed by atoms with E-state index in [1.807, 2.05) is 0 Å². The molecule has 198 valence electrons. The van der Waals surface area contributed by atoms with E-state index in [4.69, 9.17) is 27.6 Å². The van der Waals surface area contributed by atoms with Gasteiger partial charge in [0.25, 0.3) is 0 Å². The van der Waals surface area contributed by atoms with Crippen LogP contribution in [0.15, 0.2) is 61.5 Å². The van der Waals surface area contributed by atoms with E-state index in [1.165, 1.54) is 25.4 Å². The Morgan fingerprint density at radius 3 is 2.55 bits per heavy atom. The number of nitrogens with zero attached hydrogens (tertiary/aromatic N) is 3. The maximum absolute atomic E-state index is 12.6. The number of allylic oxidation sites excluding steroid dienone is 1. The molecule has 3 aromatic rings. The summed E-state index contributed by atoms with van der Waals surface area (Å²) in [6.45, 7) is 16.9. The topological polar surface area (TPSA) is 60.2 Å². The van der Waals surface area contributed by atoms with Crippen LogP contribution in [-0.4, -0.2) is 42.5 Å². The fourth-order valence-electron chi connectivity index (χ4n) is 4.16. The zero-order valence-electron chi connectivity index (χ0n) is 20.4. The number of nitrogens with one attached hydrogen (secondary N) is 1. The van der Waals surface area contributed by atoms with E-state index >= 15 is 0 Å². The highest BCUT2D eigenvalue weighted by molar-refractivity contribution is 6.32. The van der Waals surface area contributed by atoms with Gasteiger partial charge in [0.05, 0.1) is 29.9 Å². The molecule has 1 aliphatic rings. The lowest BCUT2D eigenvalue weighted by molar-refractivity contribution is -0.274. The van der Waals surface area contributed by atoms with Gasteiger partial charge >= 0.3 is 6.36 Å². The molecule has 0 aliphatic carbocycles. The maximum Gasteiger partial charge on any atom is 0.573 e. The molecule has 38 heavy (non-hydrogen) atoms. The van der Waals surface area contributed by atoms with Gasteiger partial charge in [-0.1, -0.05) is 24.8 Å². The molecule has 0 saturated carbocycles. The molecule has 7 nitrogen and oxygen atoms in total. The number of aromatic nitrogens is 1. The van der Waals surface area contributed by atoms with Crippen LogP contribution >= 0.6 is 11.6 Å². The summed E-state index contributed by atoms with van der Waals surface area (Å²) in [4.78, 5) is 10.1. The Labute approximate surface area is 222 Å². The SMILES string of the molecule is [C-]#[N+]c1cnc2cc(OC)c(OC3CCN(C(=C)C=C)CC3)cc2c1Nc1ccc(OC(F)(F)F)c(Cl)c1. The summed E-state index contributed by atoms with van der Waals surface area (Å²) >= 11 is 6.02. The summed E-state index contributed by atoms with van der Waals surface area (Å²) in [7, 11) is 1.53. The number of methoxy groups -OCH3 is 1. The zero-order valence-corrected chi connectivity index (χ0v) is 21.2. The Morgan fingerprint density at radius 1 is 1.21 bits per heavy atom. The second-order valence-corrected chi connectivity index (χ2v) is 8.88. The molecule has 2 aromatic carbocycles. The van der Waals surface area contributed by atoms with Crippen molar-refractivity contribution >= 4 is 39.6 Å². The summed E-state index contributed by atoms with van der Waals surface area (Å²) in [6.07, 6.45) is -0.266. The van der Waals surface area contributed by atoms with Gasteiger partial charge in [-0.3, -0.25) is 4.98 Å². The minimum atomic E-state index is -4.87. The minimum absolute atomic E-state index is 0.0661. The first-order chi connectivity index (χ1) is 18.1. The van der Waals surface area contributed by atoms with Crippen molar-refractivity contribution in [3.63, 3.8) is 0 Å². The molecule has 0 bridgehead atoms. The lowest BCUT2D eigenvalue weighted by Gasteiger charge is -2.34. The molecule has 1 N–H and O–H groups in total. The van der Waals surface area contributed by atoms with Crippen molar-refractivity contribution in [3.8, 4) is 17.2 Å². The number of hydrogen-bond acceptors (Lipinski definition) is 6. The van der Waals surface area contributed by atoms with Crippen LogP contribution in [0.3, 0.4) is 0 Å². The van der Waals surface area contributed by atoms with Gasteiger partial charge < -0.3 is 24.4 Å². The number of hydrogen-bond donors (Lipinski definition) is 1. The highest BCUT2D eigenvalue weighted by atomic mass is 35.5. The zero-order chi connectivity index (χ0) is 27.4. The van der Waals surface area contributed by atoms with Gasteiger partial charge in [0, 0.05) is 55.0 Å². The average molecular weight is 545 g/mol. The first kappa shape index (κ1) is 26.9. The number of ether oxygens (including phenoxy) is 3. The third kappa shape index (κ3) is 6.06. The standard InChI is InChI=1S/C27H24ClF3N4O3/c1-5-16(2)35-10-8-18(9-11-35)37-25-13-19-21(14-24(25)36-4)33-15-22(32-3)26(19)34-17-6-7-23(20(28)12-17)38-27(29,30)31/h5-7,12-15,18H,1-2,8-11H2,4H3,(H,33,34). The molecule has 0 radical (unpaired) electrons. The molecular weight excluding hydrogens is 521 g/mol. The average Bonchev–Trinajstić information content (AvgIpc) is 2.89. The third-order valence-electron chi connectivity index (χ3n) is 6.06. The normalized spacial score (nSPS) is 14.1. The number of likely N-dealkylation sites (tertiary alicyclic amines) is 1. The van der Waals surface area contributed by atoms with Gasteiger partial charge in [-0.15, -0.1) is 13.2 Å². The van der Waals surface area contributed by atoms with E-state index < -0.39 is 12.1 Å². The number of fused-ring (bicyclic) bond motifs is 1. The highest BCUT2D eigenvalue weighted by Gasteiger charge is 2.32. The first-order valence-electron chi connectivity index (χ1n) is 11.5. The molecule has 0 amide bonds. The molecule has 0 atom stereocenters. The number of benzene rings is 2. The summed E-state index contributed by atoms with van der Waals surface area (Å²) in [5.41, 5.74) is 2.37. The summed E-state index contributed by atoms with van der Waals surface area (Å²) in [5.74, 6) is 0.443. The van der Waals surface area contributed by atoms with E-state index in [-0.39, 0.29) is 16.8 Å². The van der Waals surface area contributed by atoms with E-state index in [1.54, 1.807) is 18.2 Å². The van der Waals surface area contributed by atoms with Crippen LogP contribution in [0.4, 0.5) is 30.2 Å². The van der Waals surface area contributed by atoms with Crippen LogP contribution in [0.2, 0.25) is 5.02 Å². The lowest BCUT2D eigenvalue weighted by Crippen LogP contribution is -2.37. The van der Waals surface area contributed by atoms with Gasteiger partial charge in [0.1, 0.15) is 11.9 Å². The minimum Gasteiger partial charge on any atom is -0.493 e. The molecule has 1 saturated heterocycles. The predicted octanol–water partition coefficient (Wildman–Crippen LogP) is 7.63. The molecule has 1 fully saturated rings. The van der Waals surface area contributed by atoms with Crippen LogP contribution in [0.25, 0.3) is 15.7 Å². The molecule has 4 rings (SSSR count). The van der Waals surface area contributed by atoms with Crippen LogP contribution in [0.5, 0.6) is 17.2 Å². The fraction of sp³-hybridized carbons (Fsp3) is 0.259. The number of alkyl halides is 3. The molecule has 1 aromatic heterocycles. The van der Waals surface area contributed by atoms with Crippen LogP contribution in [0, 0.1) is 6.57 Å². The van der Waals surface area contributed by atoms with Crippen molar-refractivity contribution in [2.75, 3.05) is 25.5 Å². The molecule has 0 unspecified atom stereocenters. The number of halogens is 4. The summed E-state index contributed by atoms with van der Waals surface area (Å²) in [6, 6.07) is 7.22. The third-order valence-corrected chi connectivity index (χ3v) is 6.35. The quantitative estimate of drug-likeness (QED) is 0.232. The number of piperidine rings is 1. The maximum atomic E-state index is 12.6. The molecule has 11 heteroatoms. The van der Waals surface area contributed by atoms with Crippen LogP contribution in [-0.2, 0) is 0 Å². The summed E-state index contributed by atoms with van der Waals surface area (Å²) in [5, 5.41) is 3.42. The van der Waals surface area contributed by atoms with E-state index in [0.717, 1.165) is 37.7 Å². The first-order valence-corrected chi connectivity index (χ1v) is 11.9. The largest absolute Gasteiger partial charge is 0.573 e. The Morgan fingerprint density at radius 2 is 1.95 bits per heavy atom. The van der Waals surface area contributed by atoms with Crippen molar-refractivity contribution in [3.05, 3.63) is 77.9 Å². The smallest absolute Gasteiger partial charge is 0.493 e. The van der Waals surface area contributed by atoms with Gasteiger partial charge in [-0.05, 0) is 30.3 Å². The molecule has 2 heterocycles. The Hall–Kier alpha value is -4.10. The Kier molecular flexibility index (Phi) is 7.88. The van der Waals surface area contributed by atoms with E-state index in [2.05, 4.69) is 37.9 Å². The molecule has 1 aliphatic heterocycles. The van der Waals surface area contributed by atoms with Crippen molar-refractivity contribution < 1.29 is 27.4 Å². The predicted molar refractivity (Wildman–Crippen MR) is 141 cm³/mol. The van der Waals surface area contributed by atoms with Crippen LogP contribution in [0.1, 0.15) is 12.8 Å². The van der Waals surface area contributed by atoms with Gasteiger partial charge in [-0.2, -0.15) is 0 Å². The van der Waals surface area contributed by atoms with E-state index in [0.29, 0.717) is 33.8 Å².